The summed E-state index contributed by atoms with van der Waals surface area (Å²) >= 11 is 1.49. The Labute approximate surface area is 129 Å². The molecule has 1 amide bonds. The Balaban J connectivity index is 1.64. The highest BCUT2D eigenvalue weighted by Gasteiger charge is 2.29. The first-order valence-corrected chi connectivity index (χ1v) is 8.54. The molecule has 0 heterocycles. The monoisotopic (exact) mass is 311 g/mol. The summed E-state index contributed by atoms with van der Waals surface area (Å²) in [4.78, 5) is 11.8. The van der Waals surface area contributed by atoms with Crippen LogP contribution in [-0.4, -0.2) is 28.9 Å². The lowest BCUT2D eigenvalue weighted by molar-refractivity contribution is -0.120. The molecular formula is C16H22FNO2S. The van der Waals surface area contributed by atoms with E-state index in [4.69, 9.17) is 0 Å². The molecule has 0 atom stereocenters. The van der Waals surface area contributed by atoms with Crippen molar-refractivity contribution in [2.45, 2.75) is 43.5 Å². The molecule has 116 valence electrons. The highest BCUT2D eigenvalue weighted by molar-refractivity contribution is 7.99. The van der Waals surface area contributed by atoms with Gasteiger partial charge in [0.15, 0.2) is 0 Å². The molecule has 1 aliphatic carbocycles. The number of carbonyl (C=O) groups excluding carboxylic acids is 1. The number of carbonyl (C=O) groups is 1. The molecule has 0 aromatic heterocycles. The third kappa shape index (κ3) is 5.67. The molecule has 0 aliphatic heterocycles. The second-order valence-electron chi connectivity index (χ2n) is 5.68. The van der Waals surface area contributed by atoms with Gasteiger partial charge >= 0.3 is 0 Å². The predicted octanol–water partition coefficient (Wildman–Crippen LogP) is 2.87. The zero-order valence-corrected chi connectivity index (χ0v) is 12.9. The standard InChI is InChI=1S/C16H22FNO2S/c17-14-6-4-13(5-7-14)10-21-11-15(19)18-12-16(20)8-2-1-3-9-16/h4-7,20H,1-3,8-12H2,(H,18,19). The van der Waals surface area contributed by atoms with E-state index < -0.39 is 5.60 Å². The van der Waals surface area contributed by atoms with E-state index in [9.17, 15) is 14.3 Å². The molecule has 2 N–H and O–H groups in total. The minimum Gasteiger partial charge on any atom is -0.388 e. The molecule has 0 spiro atoms. The lowest BCUT2D eigenvalue weighted by Crippen LogP contribution is -2.44. The number of hydrogen-bond donors (Lipinski definition) is 2. The minimum atomic E-state index is -0.713. The maximum Gasteiger partial charge on any atom is 0.230 e. The largest absolute Gasteiger partial charge is 0.388 e. The van der Waals surface area contributed by atoms with E-state index in [1.165, 1.54) is 30.3 Å². The number of rotatable bonds is 6. The van der Waals surface area contributed by atoms with Gasteiger partial charge < -0.3 is 10.4 Å². The zero-order chi connectivity index (χ0) is 15.1. The number of amides is 1. The van der Waals surface area contributed by atoms with Crippen LogP contribution in [0.5, 0.6) is 0 Å². The van der Waals surface area contributed by atoms with E-state index in [2.05, 4.69) is 5.32 Å². The van der Waals surface area contributed by atoms with Crippen LogP contribution < -0.4 is 5.32 Å². The first kappa shape index (κ1) is 16.3. The lowest BCUT2D eigenvalue weighted by Gasteiger charge is -2.32. The lowest BCUT2D eigenvalue weighted by atomic mass is 9.85. The van der Waals surface area contributed by atoms with Gasteiger partial charge in [-0.05, 0) is 30.5 Å². The van der Waals surface area contributed by atoms with E-state index in [0.29, 0.717) is 18.1 Å². The maximum atomic E-state index is 12.8. The quantitative estimate of drug-likeness (QED) is 0.849. The van der Waals surface area contributed by atoms with Crippen molar-refractivity contribution in [1.82, 2.24) is 5.32 Å². The Morgan fingerprint density at radius 3 is 2.57 bits per heavy atom. The molecule has 1 aliphatic rings. The van der Waals surface area contributed by atoms with Crippen molar-refractivity contribution in [1.29, 1.82) is 0 Å². The molecule has 1 saturated carbocycles. The molecule has 5 heteroatoms. The topological polar surface area (TPSA) is 49.3 Å². The van der Waals surface area contributed by atoms with Crippen LogP contribution in [0.1, 0.15) is 37.7 Å². The van der Waals surface area contributed by atoms with Crippen LogP contribution in [0.2, 0.25) is 0 Å². The van der Waals surface area contributed by atoms with E-state index in [1.54, 1.807) is 12.1 Å². The fourth-order valence-corrected chi connectivity index (χ4v) is 3.36. The van der Waals surface area contributed by atoms with Crippen molar-refractivity contribution in [2.75, 3.05) is 12.3 Å². The van der Waals surface area contributed by atoms with Crippen LogP contribution in [0, 0.1) is 5.82 Å². The molecular weight excluding hydrogens is 289 g/mol. The zero-order valence-electron chi connectivity index (χ0n) is 12.1. The Hall–Kier alpha value is -1.07. The van der Waals surface area contributed by atoms with Crippen molar-refractivity contribution in [3.63, 3.8) is 0 Å². The van der Waals surface area contributed by atoms with Crippen LogP contribution in [0.3, 0.4) is 0 Å². The smallest absolute Gasteiger partial charge is 0.230 e. The van der Waals surface area contributed by atoms with E-state index in [0.717, 1.165) is 31.2 Å². The van der Waals surface area contributed by atoms with Gasteiger partial charge in [-0.1, -0.05) is 31.4 Å². The molecule has 2 rings (SSSR count). The van der Waals surface area contributed by atoms with E-state index in [-0.39, 0.29) is 11.7 Å². The fraction of sp³-hybridized carbons (Fsp3) is 0.562. The normalized spacial score (nSPS) is 17.4. The van der Waals surface area contributed by atoms with Crippen molar-refractivity contribution < 1.29 is 14.3 Å². The summed E-state index contributed by atoms with van der Waals surface area (Å²) in [5.74, 6) is 0.731. The number of aliphatic hydroxyl groups is 1. The third-order valence-corrected chi connectivity index (χ3v) is 4.82. The molecule has 1 aromatic carbocycles. The summed E-state index contributed by atoms with van der Waals surface area (Å²) in [5, 5.41) is 13.1. The Morgan fingerprint density at radius 1 is 1.24 bits per heavy atom. The van der Waals surface area contributed by atoms with E-state index in [1.807, 2.05) is 0 Å². The highest BCUT2D eigenvalue weighted by atomic mass is 32.2. The molecule has 21 heavy (non-hydrogen) atoms. The van der Waals surface area contributed by atoms with Crippen LogP contribution in [0.4, 0.5) is 4.39 Å². The fourth-order valence-electron chi connectivity index (χ4n) is 2.54. The van der Waals surface area contributed by atoms with Gasteiger partial charge in [-0.2, -0.15) is 0 Å². The second-order valence-corrected chi connectivity index (χ2v) is 6.67. The van der Waals surface area contributed by atoms with Gasteiger partial charge in [0.1, 0.15) is 5.82 Å². The molecule has 1 aromatic rings. The average Bonchev–Trinajstić information content (AvgIpc) is 2.48. The van der Waals surface area contributed by atoms with Gasteiger partial charge in [0, 0.05) is 12.3 Å². The molecule has 0 radical (unpaired) electrons. The van der Waals surface area contributed by atoms with Gasteiger partial charge in [-0.3, -0.25) is 4.79 Å². The third-order valence-electron chi connectivity index (χ3n) is 3.81. The van der Waals surface area contributed by atoms with Crippen molar-refractivity contribution in [2.24, 2.45) is 0 Å². The summed E-state index contributed by atoms with van der Waals surface area (Å²) in [6.45, 7) is 0.350. The number of hydrogen-bond acceptors (Lipinski definition) is 3. The summed E-state index contributed by atoms with van der Waals surface area (Å²) in [5.41, 5.74) is 0.287. The molecule has 3 nitrogen and oxygen atoms in total. The number of thioether (sulfide) groups is 1. The molecule has 0 saturated heterocycles. The van der Waals surface area contributed by atoms with Crippen molar-refractivity contribution in [3.05, 3.63) is 35.6 Å². The number of nitrogens with one attached hydrogen (secondary N) is 1. The first-order valence-electron chi connectivity index (χ1n) is 7.39. The summed E-state index contributed by atoms with van der Waals surface area (Å²) in [7, 11) is 0. The Bertz CT molecular complexity index is 458. The summed E-state index contributed by atoms with van der Waals surface area (Å²) in [6.07, 6.45) is 4.78. The highest BCUT2D eigenvalue weighted by Crippen LogP contribution is 2.27. The van der Waals surface area contributed by atoms with Crippen LogP contribution in [0.25, 0.3) is 0 Å². The summed E-state index contributed by atoms with van der Waals surface area (Å²) in [6, 6.07) is 6.30. The SMILES string of the molecule is O=C(CSCc1ccc(F)cc1)NCC1(O)CCCCC1. The van der Waals surface area contributed by atoms with Gasteiger partial charge in [-0.15, -0.1) is 11.8 Å². The van der Waals surface area contributed by atoms with Crippen LogP contribution in [0.15, 0.2) is 24.3 Å². The van der Waals surface area contributed by atoms with E-state index >= 15 is 0 Å². The van der Waals surface area contributed by atoms with Crippen molar-refractivity contribution in [3.8, 4) is 0 Å². The number of benzene rings is 1. The van der Waals surface area contributed by atoms with Crippen LogP contribution in [-0.2, 0) is 10.5 Å². The second kappa shape index (κ2) is 7.80. The van der Waals surface area contributed by atoms with Gasteiger partial charge in [0.25, 0.3) is 0 Å². The predicted molar refractivity (Wildman–Crippen MR) is 83.6 cm³/mol. The summed E-state index contributed by atoms with van der Waals surface area (Å²) < 4.78 is 12.8. The Kier molecular flexibility index (Phi) is 6.06. The molecule has 1 fully saturated rings. The minimum absolute atomic E-state index is 0.0545. The number of halogens is 1. The van der Waals surface area contributed by atoms with Crippen molar-refractivity contribution >= 4 is 17.7 Å². The Morgan fingerprint density at radius 2 is 1.90 bits per heavy atom. The average molecular weight is 311 g/mol. The maximum absolute atomic E-state index is 12.8. The van der Waals surface area contributed by atoms with Gasteiger partial charge in [-0.25, -0.2) is 4.39 Å². The van der Waals surface area contributed by atoms with Gasteiger partial charge in [0.2, 0.25) is 5.91 Å². The van der Waals surface area contributed by atoms with Gasteiger partial charge in [0.05, 0.1) is 11.4 Å². The molecule has 0 unspecified atom stereocenters. The first-order chi connectivity index (χ1) is 10.1. The molecule has 0 bridgehead atoms. The van der Waals surface area contributed by atoms with Crippen LogP contribution >= 0.6 is 11.8 Å².